The second-order valence-corrected chi connectivity index (χ2v) is 7.90. The Morgan fingerprint density at radius 2 is 2.07 bits per heavy atom. The number of amides is 1. The van der Waals surface area contributed by atoms with Gasteiger partial charge in [-0.15, -0.1) is 0 Å². The van der Waals surface area contributed by atoms with Crippen LogP contribution in [0.2, 0.25) is 5.02 Å². The van der Waals surface area contributed by atoms with Crippen LogP contribution in [0.15, 0.2) is 42.5 Å². The maximum Gasteiger partial charge on any atom is 0.226 e. The number of hydrogen-bond acceptors (Lipinski definition) is 3. The molecular weight excluding hydrogens is 381 g/mol. The van der Waals surface area contributed by atoms with Crippen LogP contribution in [-0.4, -0.2) is 41.2 Å². The number of carbonyl (C=O) groups is 1. The quantitative estimate of drug-likeness (QED) is 0.812. The Labute approximate surface area is 169 Å². The SMILES string of the molecule is Cc1ccc(Cl)c(OCC2(O)CCCN(C(=O)Cc3cccc(F)c3)CC2)c1. The summed E-state index contributed by atoms with van der Waals surface area (Å²) in [6, 6.07) is 11.6. The minimum absolute atomic E-state index is 0.0579. The second-order valence-electron chi connectivity index (χ2n) is 7.49. The standard InChI is InChI=1S/C22H25ClFNO3/c1-16-6-7-19(23)20(12-16)28-15-22(27)8-3-10-25(11-9-22)21(26)14-17-4-2-5-18(24)13-17/h2,4-7,12-13,27H,3,8-11,14-15H2,1H3. The molecule has 0 radical (unpaired) electrons. The van der Waals surface area contributed by atoms with Gasteiger partial charge < -0.3 is 14.7 Å². The molecule has 0 aliphatic carbocycles. The predicted molar refractivity (Wildman–Crippen MR) is 107 cm³/mol. The number of rotatable bonds is 5. The molecule has 6 heteroatoms. The van der Waals surface area contributed by atoms with Gasteiger partial charge in [-0.1, -0.05) is 29.8 Å². The predicted octanol–water partition coefficient (Wildman–Crippen LogP) is 4.15. The molecule has 1 N–H and O–H groups in total. The third kappa shape index (κ3) is 5.46. The van der Waals surface area contributed by atoms with E-state index in [1.165, 1.54) is 12.1 Å². The highest BCUT2D eigenvalue weighted by Gasteiger charge is 2.32. The number of likely N-dealkylation sites (tertiary alicyclic amines) is 1. The van der Waals surface area contributed by atoms with E-state index in [1.54, 1.807) is 23.1 Å². The molecule has 4 nitrogen and oxygen atoms in total. The van der Waals surface area contributed by atoms with E-state index in [-0.39, 0.29) is 24.8 Å². The van der Waals surface area contributed by atoms with Crippen molar-refractivity contribution in [1.29, 1.82) is 0 Å². The van der Waals surface area contributed by atoms with E-state index < -0.39 is 5.60 Å². The van der Waals surface area contributed by atoms with Crippen LogP contribution in [0.25, 0.3) is 0 Å². The number of carbonyl (C=O) groups excluding carboxylic acids is 1. The molecule has 1 saturated heterocycles. The Bertz CT molecular complexity index is 844. The molecule has 1 aliphatic rings. The molecule has 0 spiro atoms. The topological polar surface area (TPSA) is 49.8 Å². The Morgan fingerprint density at radius 3 is 2.86 bits per heavy atom. The first kappa shape index (κ1) is 20.6. The molecule has 1 unspecified atom stereocenters. The number of ether oxygens (including phenoxy) is 1. The fourth-order valence-electron chi connectivity index (χ4n) is 3.44. The zero-order valence-corrected chi connectivity index (χ0v) is 16.7. The number of nitrogens with zero attached hydrogens (tertiary/aromatic N) is 1. The molecule has 3 rings (SSSR count). The molecule has 0 bridgehead atoms. The van der Waals surface area contributed by atoms with E-state index >= 15 is 0 Å². The molecule has 1 atom stereocenters. The lowest BCUT2D eigenvalue weighted by Gasteiger charge is -2.27. The Balaban J connectivity index is 1.57. The number of aryl methyl sites for hydroxylation is 1. The monoisotopic (exact) mass is 405 g/mol. The summed E-state index contributed by atoms with van der Waals surface area (Å²) in [4.78, 5) is 14.3. The van der Waals surface area contributed by atoms with Crippen LogP contribution >= 0.6 is 11.6 Å². The van der Waals surface area contributed by atoms with Gasteiger partial charge >= 0.3 is 0 Å². The average Bonchev–Trinajstić information content (AvgIpc) is 2.85. The zero-order valence-electron chi connectivity index (χ0n) is 16.0. The van der Waals surface area contributed by atoms with Gasteiger partial charge in [-0.05, 0) is 61.6 Å². The van der Waals surface area contributed by atoms with Gasteiger partial charge in [0.25, 0.3) is 0 Å². The van der Waals surface area contributed by atoms with Crippen molar-refractivity contribution in [1.82, 2.24) is 4.90 Å². The molecule has 1 fully saturated rings. The summed E-state index contributed by atoms with van der Waals surface area (Å²) < 4.78 is 19.1. The molecule has 2 aromatic rings. The van der Waals surface area contributed by atoms with Crippen LogP contribution in [0, 0.1) is 12.7 Å². The van der Waals surface area contributed by atoms with E-state index in [9.17, 15) is 14.3 Å². The van der Waals surface area contributed by atoms with Crippen LogP contribution in [0.3, 0.4) is 0 Å². The summed E-state index contributed by atoms with van der Waals surface area (Å²) in [5.74, 6) is 0.151. The van der Waals surface area contributed by atoms with Crippen LogP contribution < -0.4 is 4.74 Å². The first-order valence-electron chi connectivity index (χ1n) is 9.48. The second kappa shape index (κ2) is 8.93. The minimum atomic E-state index is -1.01. The third-order valence-electron chi connectivity index (χ3n) is 5.10. The van der Waals surface area contributed by atoms with Crippen molar-refractivity contribution in [3.63, 3.8) is 0 Å². The van der Waals surface area contributed by atoms with Crippen molar-refractivity contribution in [2.24, 2.45) is 0 Å². The number of aliphatic hydroxyl groups is 1. The molecule has 28 heavy (non-hydrogen) atoms. The van der Waals surface area contributed by atoms with Crippen molar-refractivity contribution >= 4 is 17.5 Å². The van der Waals surface area contributed by atoms with Gasteiger partial charge in [-0.3, -0.25) is 4.79 Å². The molecule has 0 aromatic heterocycles. The van der Waals surface area contributed by atoms with Crippen molar-refractivity contribution in [2.45, 2.75) is 38.2 Å². The highest BCUT2D eigenvalue weighted by molar-refractivity contribution is 6.32. The molecule has 150 valence electrons. The number of hydrogen-bond donors (Lipinski definition) is 1. The van der Waals surface area contributed by atoms with E-state index in [2.05, 4.69) is 0 Å². The largest absolute Gasteiger partial charge is 0.489 e. The van der Waals surface area contributed by atoms with Crippen molar-refractivity contribution in [2.75, 3.05) is 19.7 Å². The molecule has 2 aromatic carbocycles. The third-order valence-corrected chi connectivity index (χ3v) is 5.41. The van der Waals surface area contributed by atoms with Gasteiger partial charge in [-0.2, -0.15) is 0 Å². The fourth-order valence-corrected chi connectivity index (χ4v) is 3.61. The molecule has 0 saturated carbocycles. The summed E-state index contributed by atoms with van der Waals surface area (Å²) in [7, 11) is 0. The maximum absolute atomic E-state index is 13.3. The van der Waals surface area contributed by atoms with E-state index in [0.717, 1.165) is 5.56 Å². The van der Waals surface area contributed by atoms with Gasteiger partial charge in [0.2, 0.25) is 5.91 Å². The normalized spacial score (nSPS) is 19.9. The summed E-state index contributed by atoms with van der Waals surface area (Å²) in [5, 5.41) is 11.5. The van der Waals surface area contributed by atoms with Crippen LogP contribution in [-0.2, 0) is 11.2 Å². The smallest absolute Gasteiger partial charge is 0.226 e. The Hall–Kier alpha value is -2.11. The molecule has 1 amide bonds. The van der Waals surface area contributed by atoms with Gasteiger partial charge in [0.15, 0.2) is 0 Å². The van der Waals surface area contributed by atoms with E-state index in [4.69, 9.17) is 16.3 Å². The summed E-state index contributed by atoms with van der Waals surface area (Å²) in [5.41, 5.74) is 0.671. The molecule has 1 heterocycles. The Kier molecular flexibility index (Phi) is 6.57. The van der Waals surface area contributed by atoms with Gasteiger partial charge in [0.1, 0.15) is 23.8 Å². The first-order chi connectivity index (χ1) is 13.3. The zero-order chi connectivity index (χ0) is 20.1. The van der Waals surface area contributed by atoms with E-state index in [0.29, 0.717) is 48.7 Å². The van der Waals surface area contributed by atoms with Gasteiger partial charge in [-0.25, -0.2) is 4.39 Å². The van der Waals surface area contributed by atoms with Crippen LogP contribution in [0.1, 0.15) is 30.4 Å². The number of benzene rings is 2. The van der Waals surface area contributed by atoms with Crippen LogP contribution in [0.4, 0.5) is 4.39 Å². The lowest BCUT2D eigenvalue weighted by molar-refractivity contribution is -0.130. The van der Waals surface area contributed by atoms with E-state index in [1.807, 2.05) is 19.1 Å². The maximum atomic E-state index is 13.3. The van der Waals surface area contributed by atoms with Crippen molar-refractivity contribution in [3.05, 3.63) is 64.4 Å². The lowest BCUT2D eigenvalue weighted by Crippen LogP contribution is -2.38. The minimum Gasteiger partial charge on any atom is -0.489 e. The number of halogens is 2. The summed E-state index contributed by atoms with van der Waals surface area (Å²) in [6.45, 7) is 3.09. The Morgan fingerprint density at radius 1 is 1.25 bits per heavy atom. The first-order valence-corrected chi connectivity index (χ1v) is 9.86. The van der Waals surface area contributed by atoms with Crippen molar-refractivity contribution in [3.8, 4) is 5.75 Å². The summed E-state index contributed by atoms with van der Waals surface area (Å²) in [6.07, 6.45) is 1.80. The molecular formula is C22H25ClFNO3. The van der Waals surface area contributed by atoms with Crippen LogP contribution in [0.5, 0.6) is 5.75 Å². The average molecular weight is 406 g/mol. The molecule has 1 aliphatic heterocycles. The fraction of sp³-hybridized carbons (Fsp3) is 0.409. The highest BCUT2D eigenvalue weighted by atomic mass is 35.5. The van der Waals surface area contributed by atoms with Gasteiger partial charge in [0.05, 0.1) is 11.4 Å². The van der Waals surface area contributed by atoms with Gasteiger partial charge in [0, 0.05) is 13.1 Å². The van der Waals surface area contributed by atoms with Crippen molar-refractivity contribution < 1.29 is 19.0 Å². The highest BCUT2D eigenvalue weighted by Crippen LogP contribution is 2.29. The summed E-state index contributed by atoms with van der Waals surface area (Å²) >= 11 is 6.16. The lowest BCUT2D eigenvalue weighted by atomic mass is 9.96.